The molecule has 3 heterocycles. The Kier molecular flexibility index (Phi) is 4.33. The highest BCUT2D eigenvalue weighted by molar-refractivity contribution is 6.31. The minimum Gasteiger partial charge on any atom is -0.455 e. The lowest BCUT2D eigenvalue weighted by atomic mass is 9.91. The number of benzene rings is 6. The van der Waals surface area contributed by atoms with Crippen molar-refractivity contribution >= 4 is 65.6 Å². The minimum atomic E-state index is 0.858. The van der Waals surface area contributed by atoms with Crippen LogP contribution in [0.2, 0.25) is 0 Å². The Balaban J connectivity index is 1.54. The molecular formula is C37H21NO2. The lowest BCUT2D eigenvalue weighted by Gasteiger charge is -2.14. The lowest BCUT2D eigenvalue weighted by Crippen LogP contribution is -1.92. The molecule has 3 nitrogen and oxygen atoms in total. The molecule has 9 rings (SSSR count). The van der Waals surface area contributed by atoms with Crippen molar-refractivity contribution in [3.8, 4) is 22.4 Å². The van der Waals surface area contributed by atoms with Gasteiger partial charge in [0.15, 0.2) is 0 Å². The predicted octanol–water partition coefficient (Wildman–Crippen LogP) is 10.5. The molecule has 0 spiro atoms. The average molecular weight is 512 g/mol. The Morgan fingerprint density at radius 2 is 1.07 bits per heavy atom. The molecule has 0 bridgehead atoms. The van der Waals surface area contributed by atoms with Crippen molar-refractivity contribution in [2.45, 2.75) is 0 Å². The van der Waals surface area contributed by atoms with E-state index in [-0.39, 0.29) is 0 Å². The first-order chi connectivity index (χ1) is 19.8. The predicted molar refractivity (Wildman–Crippen MR) is 165 cm³/mol. The van der Waals surface area contributed by atoms with Gasteiger partial charge in [-0.25, -0.2) is 4.98 Å². The molecule has 0 aliphatic heterocycles. The molecule has 9 aromatic rings. The van der Waals surface area contributed by atoms with Crippen molar-refractivity contribution in [3.05, 3.63) is 127 Å². The monoisotopic (exact) mass is 511 g/mol. The van der Waals surface area contributed by atoms with Crippen molar-refractivity contribution in [2.24, 2.45) is 0 Å². The third kappa shape index (κ3) is 2.92. The largest absolute Gasteiger partial charge is 0.455 e. The maximum atomic E-state index is 6.70. The van der Waals surface area contributed by atoms with Gasteiger partial charge in [-0.1, -0.05) is 103 Å². The molecule has 0 radical (unpaired) electrons. The normalized spacial score (nSPS) is 12.0. The van der Waals surface area contributed by atoms with E-state index in [9.17, 15) is 0 Å². The van der Waals surface area contributed by atoms with Crippen LogP contribution in [-0.2, 0) is 0 Å². The van der Waals surface area contributed by atoms with Gasteiger partial charge in [0, 0.05) is 54.4 Å². The molecule has 3 aromatic heterocycles. The van der Waals surface area contributed by atoms with Gasteiger partial charge in [0.1, 0.15) is 22.3 Å². The summed E-state index contributed by atoms with van der Waals surface area (Å²) in [5.41, 5.74) is 8.47. The number of rotatable bonds is 2. The van der Waals surface area contributed by atoms with E-state index < -0.39 is 0 Å². The zero-order valence-corrected chi connectivity index (χ0v) is 21.4. The minimum absolute atomic E-state index is 0.858. The van der Waals surface area contributed by atoms with Crippen LogP contribution in [0.15, 0.2) is 136 Å². The number of para-hydroxylation sites is 4. The Bertz CT molecular complexity index is 2430. The van der Waals surface area contributed by atoms with Crippen LogP contribution in [0.4, 0.5) is 0 Å². The fourth-order valence-electron chi connectivity index (χ4n) is 6.31. The Hall–Kier alpha value is -5.41. The van der Waals surface area contributed by atoms with Crippen molar-refractivity contribution < 1.29 is 8.83 Å². The smallest absolute Gasteiger partial charge is 0.144 e. The fraction of sp³-hybridized carbons (Fsp3) is 0. The number of aromatic nitrogens is 1. The molecule has 0 atom stereocenters. The van der Waals surface area contributed by atoms with Gasteiger partial charge in [-0.05, 0) is 24.3 Å². The van der Waals surface area contributed by atoms with E-state index in [0.717, 1.165) is 87.9 Å². The summed E-state index contributed by atoms with van der Waals surface area (Å²) >= 11 is 0. The van der Waals surface area contributed by atoms with Crippen molar-refractivity contribution in [2.75, 3.05) is 0 Å². The van der Waals surface area contributed by atoms with Crippen LogP contribution in [0, 0.1) is 0 Å². The SMILES string of the molecule is c1ccc(-c2nc3ccccc3c3c2cc(-c2cccc4c2oc2ccccc24)c2oc4ccccc4c23)cc1. The molecule has 3 heteroatoms. The third-order valence-electron chi connectivity index (χ3n) is 8.05. The first-order valence-electron chi connectivity index (χ1n) is 13.5. The van der Waals surface area contributed by atoms with Gasteiger partial charge >= 0.3 is 0 Å². The third-order valence-corrected chi connectivity index (χ3v) is 8.05. The second kappa shape index (κ2) is 8.05. The lowest BCUT2D eigenvalue weighted by molar-refractivity contribution is 0.665. The summed E-state index contributed by atoms with van der Waals surface area (Å²) in [7, 11) is 0. The molecular weight excluding hydrogens is 490 g/mol. The summed E-state index contributed by atoms with van der Waals surface area (Å²) in [6.07, 6.45) is 0. The molecule has 6 aromatic carbocycles. The molecule has 0 saturated heterocycles. The van der Waals surface area contributed by atoms with Crippen LogP contribution in [0.3, 0.4) is 0 Å². The van der Waals surface area contributed by atoms with Crippen LogP contribution < -0.4 is 0 Å². The molecule has 0 N–H and O–H groups in total. The highest BCUT2D eigenvalue weighted by Crippen LogP contribution is 2.47. The van der Waals surface area contributed by atoms with Crippen molar-refractivity contribution in [1.29, 1.82) is 0 Å². The zero-order chi connectivity index (χ0) is 26.2. The average Bonchev–Trinajstić information content (AvgIpc) is 3.60. The van der Waals surface area contributed by atoms with Gasteiger partial charge in [-0.3, -0.25) is 0 Å². The van der Waals surface area contributed by atoms with E-state index in [1.54, 1.807) is 0 Å². The molecule has 186 valence electrons. The maximum Gasteiger partial charge on any atom is 0.144 e. The first kappa shape index (κ1) is 21.5. The van der Waals surface area contributed by atoms with E-state index in [2.05, 4.69) is 97.1 Å². The summed E-state index contributed by atoms with van der Waals surface area (Å²) in [6.45, 7) is 0. The number of nitrogens with zero attached hydrogens (tertiary/aromatic N) is 1. The van der Waals surface area contributed by atoms with E-state index >= 15 is 0 Å². The highest BCUT2D eigenvalue weighted by Gasteiger charge is 2.23. The molecule has 0 aliphatic rings. The standard InChI is InChI=1S/C37H21NO2/c1-2-11-22(12-3-1)35-29-21-28(25-17-10-16-24-23-13-5-8-19-31(23)39-36(24)25)37-34(27-15-6-9-20-32(27)40-37)33(29)26-14-4-7-18-30(26)38-35/h1-21H. The Labute approximate surface area is 228 Å². The number of fused-ring (bicyclic) bond motifs is 10. The Morgan fingerprint density at radius 1 is 0.425 bits per heavy atom. The van der Waals surface area contributed by atoms with Crippen LogP contribution in [0.1, 0.15) is 0 Å². The van der Waals surface area contributed by atoms with Crippen molar-refractivity contribution in [1.82, 2.24) is 4.98 Å². The first-order valence-corrected chi connectivity index (χ1v) is 13.5. The van der Waals surface area contributed by atoms with Gasteiger partial charge in [0.25, 0.3) is 0 Å². The molecule has 0 saturated carbocycles. The highest BCUT2D eigenvalue weighted by atomic mass is 16.3. The molecule has 0 amide bonds. The molecule has 40 heavy (non-hydrogen) atoms. The fourth-order valence-corrected chi connectivity index (χ4v) is 6.31. The second-order valence-corrected chi connectivity index (χ2v) is 10.3. The van der Waals surface area contributed by atoms with Gasteiger partial charge < -0.3 is 8.83 Å². The van der Waals surface area contributed by atoms with E-state index in [1.807, 2.05) is 30.3 Å². The van der Waals surface area contributed by atoms with Gasteiger partial charge in [-0.15, -0.1) is 0 Å². The number of hydrogen-bond acceptors (Lipinski definition) is 3. The van der Waals surface area contributed by atoms with Crippen LogP contribution in [-0.4, -0.2) is 4.98 Å². The topological polar surface area (TPSA) is 39.2 Å². The number of pyridine rings is 1. The molecule has 0 unspecified atom stereocenters. The van der Waals surface area contributed by atoms with Crippen LogP contribution in [0.5, 0.6) is 0 Å². The Morgan fingerprint density at radius 3 is 1.93 bits per heavy atom. The molecule has 0 aliphatic carbocycles. The summed E-state index contributed by atoms with van der Waals surface area (Å²) < 4.78 is 13.2. The van der Waals surface area contributed by atoms with E-state index in [1.165, 1.54) is 0 Å². The van der Waals surface area contributed by atoms with Gasteiger partial charge in [-0.2, -0.15) is 0 Å². The molecule has 0 fully saturated rings. The summed E-state index contributed by atoms with van der Waals surface area (Å²) in [6, 6.07) is 44.0. The summed E-state index contributed by atoms with van der Waals surface area (Å²) in [4.78, 5) is 5.22. The van der Waals surface area contributed by atoms with Gasteiger partial charge in [0.05, 0.1) is 11.2 Å². The van der Waals surface area contributed by atoms with E-state index in [4.69, 9.17) is 13.8 Å². The summed E-state index contributed by atoms with van der Waals surface area (Å²) in [5, 5.41) is 7.76. The van der Waals surface area contributed by atoms with Crippen molar-refractivity contribution in [3.63, 3.8) is 0 Å². The zero-order valence-electron chi connectivity index (χ0n) is 21.4. The van der Waals surface area contributed by atoms with E-state index in [0.29, 0.717) is 0 Å². The quantitative estimate of drug-likeness (QED) is 0.217. The van der Waals surface area contributed by atoms with Gasteiger partial charge in [0.2, 0.25) is 0 Å². The maximum absolute atomic E-state index is 6.70. The number of hydrogen-bond donors (Lipinski definition) is 0. The number of furan rings is 2. The van der Waals surface area contributed by atoms with Crippen LogP contribution in [0.25, 0.3) is 87.9 Å². The second-order valence-electron chi connectivity index (χ2n) is 10.3. The van der Waals surface area contributed by atoms with Crippen LogP contribution >= 0.6 is 0 Å². The summed E-state index contributed by atoms with van der Waals surface area (Å²) in [5.74, 6) is 0.